The zero-order valence-electron chi connectivity index (χ0n) is 12.0. The first kappa shape index (κ1) is 13.9. The summed E-state index contributed by atoms with van der Waals surface area (Å²) in [4.78, 5) is 14.4. The van der Waals surface area contributed by atoms with Gasteiger partial charge in [0.2, 0.25) is 0 Å². The Morgan fingerprint density at radius 1 is 1.10 bits per heavy atom. The van der Waals surface area contributed by atoms with E-state index in [1.807, 2.05) is 36.4 Å². The minimum Gasteiger partial charge on any atom is -0.469 e. The maximum atomic E-state index is 12.2. The van der Waals surface area contributed by atoms with E-state index in [9.17, 15) is 4.79 Å². The molecule has 1 fully saturated rings. The molecule has 0 saturated carbocycles. The van der Waals surface area contributed by atoms with Crippen LogP contribution in [0.4, 0.5) is 5.69 Å². The van der Waals surface area contributed by atoms with Gasteiger partial charge in [-0.25, -0.2) is 0 Å². The number of carbonyl (C=O) groups excluding carboxylic acids is 1. The molecule has 4 heteroatoms. The molecule has 0 spiro atoms. The Morgan fingerprint density at radius 2 is 1.86 bits per heavy atom. The van der Waals surface area contributed by atoms with Gasteiger partial charge in [0.1, 0.15) is 5.76 Å². The van der Waals surface area contributed by atoms with Gasteiger partial charge >= 0.3 is 0 Å². The molecule has 1 aromatic carbocycles. The van der Waals surface area contributed by atoms with Crippen LogP contribution in [0.3, 0.4) is 0 Å². The highest BCUT2D eigenvalue weighted by molar-refractivity contribution is 5.96. The van der Waals surface area contributed by atoms with E-state index in [0.717, 1.165) is 43.3 Å². The lowest BCUT2D eigenvalue weighted by atomic mass is 10.1. The Hall–Kier alpha value is -2.07. The van der Waals surface area contributed by atoms with Crippen LogP contribution in [0, 0.1) is 0 Å². The molecule has 4 nitrogen and oxygen atoms in total. The Kier molecular flexibility index (Phi) is 4.36. The first-order valence-electron chi connectivity index (χ1n) is 7.31. The van der Waals surface area contributed by atoms with E-state index in [0.29, 0.717) is 12.8 Å². The van der Waals surface area contributed by atoms with Crippen LogP contribution in [-0.4, -0.2) is 32.1 Å². The number of rotatable bonds is 5. The fourth-order valence-electron chi connectivity index (χ4n) is 2.52. The van der Waals surface area contributed by atoms with E-state index >= 15 is 0 Å². The van der Waals surface area contributed by atoms with Crippen LogP contribution in [0.25, 0.3) is 0 Å². The van der Waals surface area contributed by atoms with Crippen LogP contribution in [0.5, 0.6) is 0 Å². The number of ketones is 1. The third kappa shape index (κ3) is 3.52. The van der Waals surface area contributed by atoms with Gasteiger partial charge in [0.05, 0.1) is 19.5 Å². The van der Waals surface area contributed by atoms with Crippen molar-refractivity contribution >= 4 is 11.5 Å². The molecule has 1 aliphatic rings. The number of benzene rings is 1. The van der Waals surface area contributed by atoms with Crippen LogP contribution in [0.2, 0.25) is 0 Å². The molecule has 0 N–H and O–H groups in total. The van der Waals surface area contributed by atoms with Gasteiger partial charge in [-0.2, -0.15) is 0 Å². The number of hydrogen-bond acceptors (Lipinski definition) is 4. The normalized spacial score (nSPS) is 15.1. The highest BCUT2D eigenvalue weighted by atomic mass is 16.5. The van der Waals surface area contributed by atoms with Gasteiger partial charge in [-0.15, -0.1) is 0 Å². The number of furan rings is 1. The zero-order chi connectivity index (χ0) is 14.5. The van der Waals surface area contributed by atoms with Crippen LogP contribution < -0.4 is 4.90 Å². The third-order valence-electron chi connectivity index (χ3n) is 3.74. The molecule has 2 heterocycles. The molecule has 1 aliphatic heterocycles. The summed E-state index contributed by atoms with van der Waals surface area (Å²) in [6.45, 7) is 3.35. The van der Waals surface area contributed by atoms with E-state index in [-0.39, 0.29) is 5.78 Å². The van der Waals surface area contributed by atoms with Gasteiger partial charge in [-0.3, -0.25) is 4.79 Å². The fraction of sp³-hybridized carbons (Fsp3) is 0.353. The molecule has 0 aliphatic carbocycles. The number of carbonyl (C=O) groups is 1. The molecular formula is C17H19NO3. The van der Waals surface area contributed by atoms with Crippen molar-refractivity contribution < 1.29 is 13.9 Å². The molecule has 0 unspecified atom stereocenters. The number of nitrogens with zero attached hydrogens (tertiary/aromatic N) is 1. The lowest BCUT2D eigenvalue weighted by Gasteiger charge is -2.28. The minimum absolute atomic E-state index is 0.153. The summed E-state index contributed by atoms with van der Waals surface area (Å²) in [5.74, 6) is 1.01. The summed E-state index contributed by atoms with van der Waals surface area (Å²) < 4.78 is 10.6. The molecule has 1 aromatic heterocycles. The van der Waals surface area contributed by atoms with Crippen molar-refractivity contribution in [3.8, 4) is 0 Å². The van der Waals surface area contributed by atoms with Crippen LogP contribution in [0.15, 0.2) is 47.1 Å². The zero-order valence-corrected chi connectivity index (χ0v) is 12.0. The van der Waals surface area contributed by atoms with Crippen molar-refractivity contribution in [3.63, 3.8) is 0 Å². The van der Waals surface area contributed by atoms with Gasteiger partial charge in [-0.1, -0.05) is 0 Å². The standard InChI is InChI=1S/C17H19NO3/c19-17(8-7-16-2-1-11-21-16)14-3-5-15(6-4-14)18-9-12-20-13-10-18/h1-6,11H,7-10,12-13H2. The summed E-state index contributed by atoms with van der Waals surface area (Å²) in [6, 6.07) is 11.6. The van der Waals surface area contributed by atoms with Gasteiger partial charge in [-0.05, 0) is 36.4 Å². The van der Waals surface area contributed by atoms with Gasteiger partial charge in [0.25, 0.3) is 0 Å². The Balaban J connectivity index is 1.59. The van der Waals surface area contributed by atoms with Crippen LogP contribution >= 0.6 is 0 Å². The lowest BCUT2D eigenvalue weighted by molar-refractivity contribution is 0.0981. The van der Waals surface area contributed by atoms with Crippen LogP contribution in [-0.2, 0) is 11.2 Å². The molecule has 0 amide bonds. The van der Waals surface area contributed by atoms with E-state index in [1.54, 1.807) is 6.26 Å². The Labute approximate surface area is 124 Å². The molecule has 3 rings (SSSR count). The predicted molar refractivity (Wildman–Crippen MR) is 80.8 cm³/mol. The number of ether oxygens (including phenoxy) is 1. The molecule has 110 valence electrons. The highest BCUT2D eigenvalue weighted by Gasteiger charge is 2.12. The lowest BCUT2D eigenvalue weighted by Crippen LogP contribution is -2.36. The second-order valence-corrected chi connectivity index (χ2v) is 5.15. The predicted octanol–water partition coefficient (Wildman–Crippen LogP) is 2.93. The molecular weight excluding hydrogens is 266 g/mol. The van der Waals surface area contributed by atoms with Gasteiger partial charge in [0.15, 0.2) is 5.78 Å². The van der Waals surface area contributed by atoms with Crippen molar-refractivity contribution in [3.05, 3.63) is 54.0 Å². The van der Waals surface area contributed by atoms with Crippen molar-refractivity contribution in [1.82, 2.24) is 0 Å². The number of Topliss-reactive ketones (excluding diaryl/α,β-unsaturated/α-hetero) is 1. The number of morpholine rings is 1. The number of anilines is 1. The Bertz CT molecular complexity index is 569. The fourth-order valence-corrected chi connectivity index (χ4v) is 2.52. The smallest absolute Gasteiger partial charge is 0.163 e. The third-order valence-corrected chi connectivity index (χ3v) is 3.74. The van der Waals surface area contributed by atoms with Crippen molar-refractivity contribution in [2.75, 3.05) is 31.2 Å². The second kappa shape index (κ2) is 6.59. The molecule has 1 saturated heterocycles. The summed E-state index contributed by atoms with van der Waals surface area (Å²) >= 11 is 0. The first-order valence-corrected chi connectivity index (χ1v) is 7.31. The van der Waals surface area contributed by atoms with Crippen LogP contribution in [0.1, 0.15) is 22.5 Å². The topological polar surface area (TPSA) is 42.7 Å². The maximum Gasteiger partial charge on any atom is 0.163 e. The van der Waals surface area contributed by atoms with E-state index in [1.165, 1.54) is 0 Å². The molecule has 0 radical (unpaired) electrons. The summed E-state index contributed by atoms with van der Waals surface area (Å²) in [7, 11) is 0. The van der Waals surface area contributed by atoms with Crippen molar-refractivity contribution in [2.24, 2.45) is 0 Å². The average Bonchev–Trinajstić information content (AvgIpc) is 3.07. The van der Waals surface area contributed by atoms with Gasteiger partial charge in [0, 0.05) is 37.2 Å². The second-order valence-electron chi connectivity index (χ2n) is 5.15. The number of aryl methyl sites for hydroxylation is 1. The highest BCUT2D eigenvalue weighted by Crippen LogP contribution is 2.18. The van der Waals surface area contributed by atoms with E-state index in [2.05, 4.69) is 4.90 Å². The quantitative estimate of drug-likeness (QED) is 0.792. The largest absolute Gasteiger partial charge is 0.469 e. The summed E-state index contributed by atoms with van der Waals surface area (Å²) in [5, 5.41) is 0. The molecule has 21 heavy (non-hydrogen) atoms. The summed E-state index contributed by atoms with van der Waals surface area (Å²) in [6.07, 6.45) is 2.76. The van der Waals surface area contributed by atoms with E-state index < -0.39 is 0 Å². The van der Waals surface area contributed by atoms with Crippen molar-refractivity contribution in [2.45, 2.75) is 12.8 Å². The number of hydrogen-bond donors (Lipinski definition) is 0. The molecule has 0 atom stereocenters. The van der Waals surface area contributed by atoms with Crippen molar-refractivity contribution in [1.29, 1.82) is 0 Å². The van der Waals surface area contributed by atoms with Gasteiger partial charge < -0.3 is 14.1 Å². The van der Waals surface area contributed by atoms with E-state index in [4.69, 9.17) is 9.15 Å². The SMILES string of the molecule is O=C(CCc1ccco1)c1ccc(N2CCOCC2)cc1. The Morgan fingerprint density at radius 3 is 2.52 bits per heavy atom. The first-order chi connectivity index (χ1) is 10.3. The average molecular weight is 285 g/mol. The minimum atomic E-state index is 0.153. The molecule has 2 aromatic rings. The summed E-state index contributed by atoms with van der Waals surface area (Å²) in [5.41, 5.74) is 1.92. The maximum absolute atomic E-state index is 12.2. The molecule has 0 bridgehead atoms. The monoisotopic (exact) mass is 285 g/mol.